The number of rotatable bonds is 5. The van der Waals surface area contributed by atoms with E-state index in [-0.39, 0.29) is 12.0 Å². The van der Waals surface area contributed by atoms with Gasteiger partial charge in [0, 0.05) is 18.7 Å². The second kappa shape index (κ2) is 5.08. The third-order valence-corrected chi connectivity index (χ3v) is 3.13. The molecule has 0 bridgehead atoms. The summed E-state index contributed by atoms with van der Waals surface area (Å²) in [6, 6.07) is 4.65. The molecule has 104 valence electrons. The van der Waals surface area contributed by atoms with E-state index >= 15 is 0 Å². The molecular formula is C12H16N2O4S. The van der Waals surface area contributed by atoms with Gasteiger partial charge in [-0.3, -0.25) is 9.52 Å². The van der Waals surface area contributed by atoms with E-state index in [4.69, 9.17) is 4.74 Å². The molecule has 0 saturated heterocycles. The van der Waals surface area contributed by atoms with Gasteiger partial charge < -0.3 is 10.1 Å². The molecule has 7 heteroatoms. The molecule has 6 nitrogen and oxygen atoms in total. The summed E-state index contributed by atoms with van der Waals surface area (Å²) in [5, 5.41) is 2.50. The zero-order chi connectivity index (χ0) is 14.0. The van der Waals surface area contributed by atoms with E-state index < -0.39 is 10.0 Å². The van der Waals surface area contributed by atoms with Gasteiger partial charge in [-0.1, -0.05) is 0 Å². The molecule has 1 aliphatic carbocycles. The van der Waals surface area contributed by atoms with E-state index in [1.807, 2.05) is 0 Å². The van der Waals surface area contributed by atoms with Crippen molar-refractivity contribution < 1.29 is 17.9 Å². The number of benzene rings is 1. The Balaban J connectivity index is 2.32. The van der Waals surface area contributed by atoms with Crippen LogP contribution in [0.1, 0.15) is 23.2 Å². The van der Waals surface area contributed by atoms with Gasteiger partial charge in [0.2, 0.25) is 10.0 Å². The molecule has 0 unspecified atom stereocenters. The molecule has 0 aromatic heterocycles. The molecule has 1 fully saturated rings. The number of nitrogens with one attached hydrogen (secondary N) is 2. The lowest BCUT2D eigenvalue weighted by Gasteiger charge is -2.11. The van der Waals surface area contributed by atoms with Gasteiger partial charge in [0.05, 0.1) is 18.0 Å². The summed E-state index contributed by atoms with van der Waals surface area (Å²) in [7, 11) is -1.88. The molecule has 1 saturated carbocycles. The van der Waals surface area contributed by atoms with Crippen molar-refractivity contribution >= 4 is 21.6 Å². The van der Waals surface area contributed by atoms with Crippen LogP contribution < -0.4 is 14.8 Å². The molecule has 19 heavy (non-hydrogen) atoms. The standard InChI is InChI=1S/C12H16N2O4S/c1-13-12(15)8-5-9(14-19(2,16)17)7-11(6-8)18-10-3-4-10/h5-7,10,14H,3-4H2,1-2H3,(H,13,15). The van der Waals surface area contributed by atoms with Crippen LogP contribution in [0.3, 0.4) is 0 Å². The Morgan fingerprint density at radius 2 is 2.00 bits per heavy atom. The minimum atomic E-state index is -3.39. The van der Waals surface area contributed by atoms with Crippen LogP contribution in [0.4, 0.5) is 5.69 Å². The monoisotopic (exact) mass is 284 g/mol. The van der Waals surface area contributed by atoms with Crippen LogP contribution in [0.5, 0.6) is 5.75 Å². The number of hydrogen-bond donors (Lipinski definition) is 2. The van der Waals surface area contributed by atoms with Crippen LogP contribution in [0.15, 0.2) is 18.2 Å². The average molecular weight is 284 g/mol. The second-order valence-electron chi connectivity index (χ2n) is 4.52. The number of ether oxygens (including phenoxy) is 1. The Morgan fingerprint density at radius 3 is 2.53 bits per heavy atom. The Hall–Kier alpha value is -1.76. The van der Waals surface area contributed by atoms with Crippen LogP contribution >= 0.6 is 0 Å². The summed E-state index contributed by atoms with van der Waals surface area (Å²) >= 11 is 0. The predicted molar refractivity (Wildman–Crippen MR) is 71.9 cm³/mol. The van der Waals surface area contributed by atoms with Crippen LogP contribution in [0.2, 0.25) is 0 Å². The first-order valence-electron chi connectivity index (χ1n) is 5.89. The fourth-order valence-corrected chi connectivity index (χ4v) is 2.14. The van der Waals surface area contributed by atoms with Gasteiger partial charge in [0.25, 0.3) is 5.91 Å². The third kappa shape index (κ3) is 4.13. The molecule has 0 aliphatic heterocycles. The van der Waals surface area contributed by atoms with Crippen molar-refractivity contribution in [1.29, 1.82) is 0 Å². The zero-order valence-corrected chi connectivity index (χ0v) is 11.6. The third-order valence-electron chi connectivity index (χ3n) is 2.53. The first-order valence-corrected chi connectivity index (χ1v) is 7.78. The number of hydrogen-bond acceptors (Lipinski definition) is 4. The fourth-order valence-electron chi connectivity index (χ4n) is 1.59. The topological polar surface area (TPSA) is 84.5 Å². The quantitative estimate of drug-likeness (QED) is 0.843. The first kappa shape index (κ1) is 13.7. The molecule has 0 atom stereocenters. The van der Waals surface area contributed by atoms with E-state index in [2.05, 4.69) is 10.0 Å². The van der Waals surface area contributed by atoms with E-state index in [0.29, 0.717) is 17.0 Å². The molecule has 0 heterocycles. The summed E-state index contributed by atoms with van der Waals surface area (Å²) < 4.78 is 30.4. The lowest BCUT2D eigenvalue weighted by molar-refractivity contribution is 0.0962. The number of carbonyl (C=O) groups is 1. The highest BCUT2D eigenvalue weighted by Gasteiger charge is 2.24. The average Bonchev–Trinajstić information content (AvgIpc) is 3.09. The maximum absolute atomic E-state index is 11.6. The van der Waals surface area contributed by atoms with Gasteiger partial charge >= 0.3 is 0 Å². The molecule has 2 rings (SSSR count). The maximum Gasteiger partial charge on any atom is 0.251 e. The smallest absolute Gasteiger partial charge is 0.251 e. The van der Waals surface area contributed by atoms with Crippen molar-refractivity contribution in [2.24, 2.45) is 0 Å². The highest BCUT2D eigenvalue weighted by Crippen LogP contribution is 2.29. The number of sulfonamides is 1. The van der Waals surface area contributed by atoms with Crippen LogP contribution in [-0.2, 0) is 10.0 Å². The first-order chi connectivity index (χ1) is 8.87. The van der Waals surface area contributed by atoms with Gasteiger partial charge in [-0.2, -0.15) is 0 Å². The summed E-state index contributed by atoms with van der Waals surface area (Å²) in [6.07, 6.45) is 3.20. The molecule has 0 radical (unpaired) electrons. The molecular weight excluding hydrogens is 268 g/mol. The molecule has 0 spiro atoms. The van der Waals surface area contributed by atoms with Crippen molar-refractivity contribution in [3.63, 3.8) is 0 Å². The van der Waals surface area contributed by atoms with Gasteiger partial charge in [-0.15, -0.1) is 0 Å². The normalized spacial score (nSPS) is 14.8. The summed E-state index contributed by atoms with van der Waals surface area (Å²) in [4.78, 5) is 11.6. The predicted octanol–water partition coefficient (Wildman–Crippen LogP) is 0.959. The molecule has 2 N–H and O–H groups in total. The Morgan fingerprint density at radius 1 is 1.32 bits per heavy atom. The van der Waals surface area contributed by atoms with Crippen molar-refractivity contribution in [2.45, 2.75) is 18.9 Å². The Kier molecular flexibility index (Phi) is 3.66. The maximum atomic E-state index is 11.6. The summed E-state index contributed by atoms with van der Waals surface area (Å²) in [5.41, 5.74) is 0.672. The fraction of sp³-hybridized carbons (Fsp3) is 0.417. The Bertz CT molecular complexity index is 594. The Labute approximate surface area is 112 Å². The van der Waals surface area contributed by atoms with E-state index in [9.17, 15) is 13.2 Å². The van der Waals surface area contributed by atoms with E-state index in [1.165, 1.54) is 13.1 Å². The lowest BCUT2D eigenvalue weighted by Crippen LogP contribution is -2.18. The zero-order valence-electron chi connectivity index (χ0n) is 10.8. The number of carbonyl (C=O) groups excluding carboxylic acids is 1. The highest BCUT2D eigenvalue weighted by molar-refractivity contribution is 7.92. The molecule has 1 amide bonds. The van der Waals surface area contributed by atoms with Gasteiger partial charge in [0.15, 0.2) is 0 Å². The molecule has 1 aliphatic rings. The van der Waals surface area contributed by atoms with Crippen molar-refractivity contribution in [3.8, 4) is 5.75 Å². The summed E-state index contributed by atoms with van der Waals surface area (Å²) in [5.74, 6) is 0.201. The lowest BCUT2D eigenvalue weighted by atomic mass is 10.2. The minimum Gasteiger partial charge on any atom is -0.490 e. The van der Waals surface area contributed by atoms with Crippen molar-refractivity contribution in [2.75, 3.05) is 18.0 Å². The van der Waals surface area contributed by atoms with Gasteiger partial charge in [-0.05, 0) is 25.0 Å². The van der Waals surface area contributed by atoms with E-state index in [0.717, 1.165) is 19.1 Å². The van der Waals surface area contributed by atoms with Crippen LogP contribution in [0.25, 0.3) is 0 Å². The summed E-state index contributed by atoms with van der Waals surface area (Å²) in [6.45, 7) is 0. The highest BCUT2D eigenvalue weighted by atomic mass is 32.2. The van der Waals surface area contributed by atoms with Crippen molar-refractivity contribution in [3.05, 3.63) is 23.8 Å². The molecule has 1 aromatic carbocycles. The molecule has 1 aromatic rings. The van der Waals surface area contributed by atoms with Crippen LogP contribution in [0, 0.1) is 0 Å². The number of amides is 1. The van der Waals surface area contributed by atoms with Gasteiger partial charge in [0.1, 0.15) is 5.75 Å². The largest absolute Gasteiger partial charge is 0.490 e. The SMILES string of the molecule is CNC(=O)c1cc(NS(C)(=O)=O)cc(OC2CC2)c1. The van der Waals surface area contributed by atoms with E-state index in [1.54, 1.807) is 12.1 Å². The second-order valence-corrected chi connectivity index (χ2v) is 6.27. The van der Waals surface area contributed by atoms with Gasteiger partial charge in [-0.25, -0.2) is 8.42 Å². The number of anilines is 1. The van der Waals surface area contributed by atoms with Crippen LogP contribution in [-0.4, -0.2) is 33.7 Å². The minimum absolute atomic E-state index is 0.172. The van der Waals surface area contributed by atoms with Crippen molar-refractivity contribution in [1.82, 2.24) is 5.32 Å².